The topological polar surface area (TPSA) is 152 Å². The van der Waals surface area contributed by atoms with Crippen LogP contribution in [0.2, 0.25) is 5.02 Å². The maximum Gasteiger partial charge on any atom is 0.357 e. The summed E-state index contributed by atoms with van der Waals surface area (Å²) >= 11 is 5.53. The highest BCUT2D eigenvalue weighted by molar-refractivity contribution is 6.33. The summed E-state index contributed by atoms with van der Waals surface area (Å²) in [7, 11) is 0. The smallest absolute Gasteiger partial charge is 0.357 e. The monoisotopic (exact) mass is 334 g/mol. The van der Waals surface area contributed by atoms with Crippen molar-refractivity contribution in [1.29, 1.82) is 0 Å². The fourth-order valence-electron chi connectivity index (χ4n) is 1.05. The summed E-state index contributed by atoms with van der Waals surface area (Å²) in [6.45, 7) is 5.50. The van der Waals surface area contributed by atoms with E-state index in [0.29, 0.717) is 18.5 Å². The van der Waals surface area contributed by atoms with Gasteiger partial charge in [0.2, 0.25) is 11.8 Å². The van der Waals surface area contributed by atoms with Crippen LogP contribution in [-0.4, -0.2) is 33.1 Å². The number of nitrogens with one attached hydrogen (secondary N) is 1. The second-order valence-corrected chi connectivity index (χ2v) is 4.63. The van der Waals surface area contributed by atoms with Crippen LogP contribution in [0.4, 0.5) is 0 Å². The van der Waals surface area contributed by atoms with Crippen molar-refractivity contribution in [2.75, 3.05) is 0 Å². The number of carbonyl (C=O) groups is 3. The summed E-state index contributed by atoms with van der Waals surface area (Å²) in [5.41, 5.74) is 9.97. The molecule has 1 heterocycles. The van der Waals surface area contributed by atoms with Crippen LogP contribution in [0.5, 0.6) is 0 Å². The molecular weight excluding hydrogens is 312 g/mol. The van der Waals surface area contributed by atoms with E-state index in [1.165, 1.54) is 0 Å². The fraction of sp³-hybridized carbons (Fsp3) is 0.538. The van der Waals surface area contributed by atoms with E-state index in [-0.39, 0.29) is 22.5 Å². The number of primary amides is 2. The van der Waals surface area contributed by atoms with Gasteiger partial charge in [0.15, 0.2) is 5.69 Å². The van der Waals surface area contributed by atoms with E-state index in [9.17, 15) is 14.4 Å². The van der Waals surface area contributed by atoms with E-state index in [1.54, 1.807) is 6.92 Å². The lowest BCUT2D eigenvalue weighted by molar-refractivity contribution is -0.118. The number of nitrogens with zero attached hydrogens (tertiary/aromatic N) is 1. The number of aryl methyl sites for hydroxylation is 1. The molecule has 6 N–H and O–H groups in total. The molecule has 0 unspecified atom stereocenters. The number of nitrogens with two attached hydrogens (primary N) is 2. The zero-order chi connectivity index (χ0) is 17.7. The summed E-state index contributed by atoms with van der Waals surface area (Å²) in [5.74, 6) is -1.54. The van der Waals surface area contributed by atoms with Crippen LogP contribution in [0, 0.1) is 6.92 Å². The van der Waals surface area contributed by atoms with Crippen LogP contribution in [-0.2, 0) is 9.59 Å². The van der Waals surface area contributed by atoms with Crippen LogP contribution in [0.3, 0.4) is 0 Å². The standard InChI is InChI=1S/C5H5ClN2O2.2C4H9NO/c1-2-3(6)4(5(9)10)8-7-2;2*1-2-3-4(5)6/h1H3,(H,7,8)(H,9,10);2*2-3H2,1H3,(H2,5,6). The Morgan fingerprint density at radius 1 is 1.14 bits per heavy atom. The second kappa shape index (κ2) is 12.6. The molecule has 9 heteroatoms. The van der Waals surface area contributed by atoms with Gasteiger partial charge < -0.3 is 16.6 Å². The van der Waals surface area contributed by atoms with Crippen LogP contribution in [0.25, 0.3) is 0 Å². The highest BCUT2D eigenvalue weighted by Gasteiger charge is 2.13. The number of carbonyl (C=O) groups excluding carboxylic acids is 2. The summed E-state index contributed by atoms with van der Waals surface area (Å²) in [5, 5.41) is 14.5. The molecule has 126 valence electrons. The average molecular weight is 335 g/mol. The van der Waals surface area contributed by atoms with Gasteiger partial charge in [-0.15, -0.1) is 0 Å². The summed E-state index contributed by atoms with van der Waals surface area (Å²) in [4.78, 5) is 29.9. The van der Waals surface area contributed by atoms with Crippen molar-refractivity contribution >= 4 is 29.4 Å². The first-order valence-electron chi connectivity index (χ1n) is 6.67. The Bertz CT molecular complexity index is 472. The van der Waals surface area contributed by atoms with Gasteiger partial charge in [-0.2, -0.15) is 5.10 Å². The van der Waals surface area contributed by atoms with Crippen molar-refractivity contribution in [3.63, 3.8) is 0 Å². The van der Waals surface area contributed by atoms with E-state index < -0.39 is 5.97 Å². The Morgan fingerprint density at radius 3 is 1.64 bits per heavy atom. The average Bonchev–Trinajstić information content (AvgIpc) is 2.71. The number of carboxylic acid groups (broad SMARTS) is 1. The number of aromatic amines is 1. The van der Waals surface area contributed by atoms with Crippen molar-refractivity contribution in [1.82, 2.24) is 10.2 Å². The maximum atomic E-state index is 10.3. The largest absolute Gasteiger partial charge is 0.476 e. The van der Waals surface area contributed by atoms with Gasteiger partial charge in [-0.25, -0.2) is 4.79 Å². The number of H-pyrrole nitrogens is 1. The van der Waals surface area contributed by atoms with Crippen molar-refractivity contribution in [3.05, 3.63) is 16.4 Å². The molecule has 8 nitrogen and oxygen atoms in total. The van der Waals surface area contributed by atoms with Crippen molar-refractivity contribution < 1.29 is 19.5 Å². The third kappa shape index (κ3) is 11.7. The normalized spacial score (nSPS) is 8.91. The van der Waals surface area contributed by atoms with Gasteiger partial charge >= 0.3 is 5.97 Å². The number of hydrogen-bond donors (Lipinski definition) is 4. The lowest BCUT2D eigenvalue weighted by Gasteiger charge is -1.84. The molecule has 0 aliphatic rings. The molecule has 0 spiro atoms. The Morgan fingerprint density at radius 2 is 1.55 bits per heavy atom. The predicted octanol–water partition coefficient (Wildman–Crippen LogP) is 1.61. The molecule has 0 saturated heterocycles. The number of rotatable bonds is 5. The fourth-order valence-corrected chi connectivity index (χ4v) is 1.22. The molecule has 0 fully saturated rings. The number of aromatic nitrogens is 2. The molecule has 1 rings (SSSR count). The van der Waals surface area contributed by atoms with E-state index in [0.717, 1.165) is 12.8 Å². The van der Waals surface area contributed by atoms with Crippen LogP contribution >= 0.6 is 11.6 Å². The molecule has 0 radical (unpaired) electrons. The van der Waals surface area contributed by atoms with E-state index in [1.807, 2.05) is 13.8 Å². The van der Waals surface area contributed by atoms with E-state index >= 15 is 0 Å². The maximum absolute atomic E-state index is 10.3. The van der Waals surface area contributed by atoms with Crippen molar-refractivity contribution in [2.45, 2.75) is 46.5 Å². The van der Waals surface area contributed by atoms with Crippen LogP contribution in [0.1, 0.15) is 55.7 Å². The molecule has 0 atom stereocenters. The number of halogens is 1. The SMILES string of the molecule is CCCC(N)=O.CCCC(N)=O.Cc1[nH]nc(C(=O)O)c1Cl. The molecule has 0 saturated carbocycles. The zero-order valence-electron chi connectivity index (χ0n) is 13.0. The molecule has 0 aliphatic heterocycles. The van der Waals surface area contributed by atoms with Crippen LogP contribution < -0.4 is 11.5 Å². The quantitative estimate of drug-likeness (QED) is 0.644. The van der Waals surface area contributed by atoms with Gasteiger partial charge in [0.05, 0.1) is 10.7 Å². The second-order valence-electron chi connectivity index (χ2n) is 4.25. The highest BCUT2D eigenvalue weighted by Crippen LogP contribution is 2.16. The molecule has 0 aliphatic carbocycles. The van der Waals surface area contributed by atoms with Gasteiger partial charge in [0.25, 0.3) is 0 Å². The lowest BCUT2D eigenvalue weighted by Crippen LogP contribution is -2.08. The summed E-state index contributed by atoms with van der Waals surface area (Å²) in [6.07, 6.45) is 2.74. The van der Waals surface area contributed by atoms with Gasteiger partial charge in [-0.3, -0.25) is 14.7 Å². The van der Waals surface area contributed by atoms with Gasteiger partial charge in [-0.05, 0) is 19.8 Å². The number of carboxylic acids is 1. The third-order valence-electron chi connectivity index (χ3n) is 2.07. The number of amides is 2. The summed E-state index contributed by atoms with van der Waals surface area (Å²) < 4.78 is 0. The Labute approximate surface area is 134 Å². The molecule has 22 heavy (non-hydrogen) atoms. The van der Waals surface area contributed by atoms with Crippen LogP contribution in [0.15, 0.2) is 0 Å². The molecule has 0 bridgehead atoms. The first-order valence-corrected chi connectivity index (χ1v) is 7.05. The molecule has 1 aromatic rings. The molecule has 0 aromatic carbocycles. The molecule has 1 aromatic heterocycles. The van der Waals surface area contributed by atoms with E-state index in [4.69, 9.17) is 28.2 Å². The first kappa shape index (κ1) is 22.2. The minimum atomic E-state index is -1.12. The Hall–Kier alpha value is -2.09. The lowest BCUT2D eigenvalue weighted by atomic mass is 10.3. The third-order valence-corrected chi connectivity index (χ3v) is 2.53. The highest BCUT2D eigenvalue weighted by atomic mass is 35.5. The predicted molar refractivity (Wildman–Crippen MR) is 83.5 cm³/mol. The first-order chi connectivity index (χ1) is 10.2. The van der Waals surface area contributed by atoms with Gasteiger partial charge in [0, 0.05) is 12.8 Å². The Balaban J connectivity index is 0. The van der Waals surface area contributed by atoms with Crippen molar-refractivity contribution in [2.24, 2.45) is 11.5 Å². The minimum absolute atomic E-state index is 0.126. The van der Waals surface area contributed by atoms with E-state index in [2.05, 4.69) is 10.2 Å². The summed E-state index contributed by atoms with van der Waals surface area (Å²) in [6, 6.07) is 0. The molecule has 2 amide bonds. The zero-order valence-corrected chi connectivity index (χ0v) is 13.7. The van der Waals surface area contributed by atoms with Gasteiger partial charge in [0.1, 0.15) is 0 Å². The van der Waals surface area contributed by atoms with Gasteiger partial charge in [-0.1, -0.05) is 25.4 Å². The number of aromatic carboxylic acids is 1. The Kier molecular flexibility index (Phi) is 12.7. The molecular formula is C13H23ClN4O4. The number of hydrogen-bond acceptors (Lipinski definition) is 4. The van der Waals surface area contributed by atoms with Crippen molar-refractivity contribution in [3.8, 4) is 0 Å². The minimum Gasteiger partial charge on any atom is -0.476 e.